The summed E-state index contributed by atoms with van der Waals surface area (Å²) in [6.45, 7) is 1.90. The number of pyridine rings is 1. The molecule has 1 amide bonds. The lowest BCUT2D eigenvalue weighted by Crippen LogP contribution is -2.14. The Kier molecular flexibility index (Phi) is 2.87. The summed E-state index contributed by atoms with van der Waals surface area (Å²) in [7, 11) is 0. The zero-order chi connectivity index (χ0) is 11.5. The Morgan fingerprint density at radius 1 is 1.50 bits per heavy atom. The first-order valence-corrected chi connectivity index (χ1v) is 5.67. The lowest BCUT2D eigenvalue weighted by atomic mass is 10.2. The molecule has 2 aromatic rings. The van der Waals surface area contributed by atoms with Crippen LogP contribution in [-0.4, -0.2) is 10.9 Å². The number of rotatable bonds is 2. The number of aromatic nitrogens is 1. The van der Waals surface area contributed by atoms with Crippen molar-refractivity contribution in [3.8, 4) is 0 Å². The molecule has 0 saturated carbocycles. The molecule has 4 nitrogen and oxygen atoms in total. The van der Waals surface area contributed by atoms with Gasteiger partial charge in [-0.25, -0.2) is 4.98 Å². The smallest absolute Gasteiger partial charge is 0.257 e. The largest absolute Gasteiger partial charge is 0.396 e. The van der Waals surface area contributed by atoms with E-state index in [-0.39, 0.29) is 5.91 Å². The van der Waals surface area contributed by atoms with E-state index in [0.717, 1.165) is 5.56 Å². The van der Waals surface area contributed by atoms with Gasteiger partial charge in [0.15, 0.2) is 5.82 Å². The van der Waals surface area contributed by atoms with E-state index < -0.39 is 0 Å². The molecule has 2 rings (SSSR count). The van der Waals surface area contributed by atoms with Gasteiger partial charge in [-0.1, -0.05) is 0 Å². The molecule has 3 N–H and O–H groups in total. The van der Waals surface area contributed by atoms with Crippen molar-refractivity contribution in [2.75, 3.05) is 11.1 Å². The Morgan fingerprint density at radius 2 is 2.31 bits per heavy atom. The van der Waals surface area contributed by atoms with Crippen molar-refractivity contribution in [3.05, 3.63) is 40.2 Å². The lowest BCUT2D eigenvalue weighted by Gasteiger charge is -2.05. The van der Waals surface area contributed by atoms with Crippen molar-refractivity contribution in [1.82, 2.24) is 4.98 Å². The molecule has 16 heavy (non-hydrogen) atoms. The maximum Gasteiger partial charge on any atom is 0.257 e. The number of nitrogen functional groups attached to an aromatic ring is 1. The average molecular weight is 233 g/mol. The summed E-state index contributed by atoms with van der Waals surface area (Å²) in [6.07, 6.45) is 1.59. The number of nitrogens with zero attached hydrogens (tertiary/aromatic N) is 1. The van der Waals surface area contributed by atoms with Crippen LogP contribution < -0.4 is 11.1 Å². The standard InChI is InChI=1S/C11H11N3OS/c1-7-5-16-6-8(7)11(15)14-10-9(12)3-2-4-13-10/h2-6H,12H2,1H3,(H,13,14,15). The number of thiophene rings is 1. The van der Waals surface area contributed by atoms with Crippen LogP contribution in [0, 0.1) is 6.92 Å². The zero-order valence-electron chi connectivity index (χ0n) is 8.73. The van der Waals surface area contributed by atoms with E-state index in [9.17, 15) is 4.79 Å². The summed E-state index contributed by atoms with van der Waals surface area (Å²) in [5, 5.41) is 6.42. The summed E-state index contributed by atoms with van der Waals surface area (Å²) in [5.74, 6) is 0.224. The second-order valence-corrected chi connectivity index (χ2v) is 4.11. The summed E-state index contributed by atoms with van der Waals surface area (Å²) in [4.78, 5) is 15.9. The highest BCUT2D eigenvalue weighted by Crippen LogP contribution is 2.18. The predicted molar refractivity (Wildman–Crippen MR) is 65.7 cm³/mol. The van der Waals surface area contributed by atoms with Gasteiger partial charge in [-0.15, -0.1) is 0 Å². The van der Waals surface area contributed by atoms with Crippen molar-refractivity contribution in [3.63, 3.8) is 0 Å². The molecule has 0 fully saturated rings. The molecule has 82 valence electrons. The van der Waals surface area contributed by atoms with Crippen molar-refractivity contribution >= 4 is 28.7 Å². The number of carbonyl (C=O) groups is 1. The minimum Gasteiger partial charge on any atom is -0.396 e. The molecule has 0 aromatic carbocycles. The molecule has 0 atom stereocenters. The first-order chi connectivity index (χ1) is 7.68. The second-order valence-electron chi connectivity index (χ2n) is 3.36. The first kappa shape index (κ1) is 10.6. The van der Waals surface area contributed by atoms with Gasteiger partial charge in [-0.2, -0.15) is 11.3 Å². The van der Waals surface area contributed by atoms with E-state index in [1.165, 1.54) is 11.3 Å². The number of nitrogens with two attached hydrogens (primary N) is 1. The summed E-state index contributed by atoms with van der Waals surface area (Å²) >= 11 is 1.50. The maximum absolute atomic E-state index is 11.8. The molecule has 0 aliphatic carbocycles. The van der Waals surface area contributed by atoms with E-state index in [1.54, 1.807) is 18.3 Å². The molecule has 0 aliphatic heterocycles. The van der Waals surface area contributed by atoms with Gasteiger partial charge in [-0.05, 0) is 30.0 Å². The quantitative estimate of drug-likeness (QED) is 0.836. The van der Waals surface area contributed by atoms with Gasteiger partial charge in [0.2, 0.25) is 0 Å². The molecular formula is C11H11N3OS. The van der Waals surface area contributed by atoms with Crippen molar-refractivity contribution in [2.45, 2.75) is 6.92 Å². The van der Waals surface area contributed by atoms with E-state index in [1.807, 2.05) is 17.7 Å². The van der Waals surface area contributed by atoms with Crippen LogP contribution in [0.3, 0.4) is 0 Å². The van der Waals surface area contributed by atoms with Crippen LogP contribution in [-0.2, 0) is 0 Å². The lowest BCUT2D eigenvalue weighted by molar-refractivity contribution is 0.102. The molecule has 0 bridgehead atoms. The maximum atomic E-state index is 11.8. The fraction of sp³-hybridized carbons (Fsp3) is 0.0909. The van der Waals surface area contributed by atoms with Crippen LogP contribution in [0.1, 0.15) is 15.9 Å². The molecule has 0 unspecified atom stereocenters. The first-order valence-electron chi connectivity index (χ1n) is 4.73. The summed E-state index contributed by atoms with van der Waals surface area (Å²) in [5.41, 5.74) is 7.77. The van der Waals surface area contributed by atoms with Crippen molar-refractivity contribution in [2.24, 2.45) is 0 Å². The molecule has 5 heteroatoms. The molecule has 0 saturated heterocycles. The van der Waals surface area contributed by atoms with Gasteiger partial charge in [0.05, 0.1) is 11.3 Å². The van der Waals surface area contributed by atoms with Gasteiger partial charge in [0.1, 0.15) is 0 Å². The van der Waals surface area contributed by atoms with E-state index in [4.69, 9.17) is 5.73 Å². The normalized spacial score (nSPS) is 10.1. The third-order valence-electron chi connectivity index (χ3n) is 2.17. The fourth-order valence-corrected chi connectivity index (χ4v) is 2.12. The minimum atomic E-state index is -0.177. The number of anilines is 2. The summed E-state index contributed by atoms with van der Waals surface area (Å²) in [6, 6.07) is 3.42. The highest BCUT2D eigenvalue weighted by atomic mass is 32.1. The van der Waals surface area contributed by atoms with E-state index in [2.05, 4.69) is 10.3 Å². The molecule has 0 radical (unpaired) electrons. The Labute approximate surface area is 97.1 Å². The Hall–Kier alpha value is -1.88. The molecule has 0 aliphatic rings. The fourth-order valence-electron chi connectivity index (χ4n) is 1.29. The number of aryl methyl sites for hydroxylation is 1. The Bertz CT molecular complexity index is 521. The van der Waals surface area contributed by atoms with Crippen LogP contribution in [0.25, 0.3) is 0 Å². The third kappa shape index (κ3) is 2.04. The monoisotopic (exact) mass is 233 g/mol. The van der Waals surface area contributed by atoms with Gasteiger partial charge < -0.3 is 11.1 Å². The van der Waals surface area contributed by atoms with Crippen LogP contribution >= 0.6 is 11.3 Å². The van der Waals surface area contributed by atoms with E-state index in [0.29, 0.717) is 17.1 Å². The van der Waals surface area contributed by atoms with Gasteiger partial charge >= 0.3 is 0 Å². The molecular weight excluding hydrogens is 222 g/mol. The number of hydrogen-bond acceptors (Lipinski definition) is 4. The Morgan fingerprint density at radius 3 is 2.94 bits per heavy atom. The topological polar surface area (TPSA) is 68.0 Å². The molecule has 2 aromatic heterocycles. The number of carbonyl (C=O) groups excluding carboxylic acids is 1. The molecule has 2 heterocycles. The van der Waals surface area contributed by atoms with Gasteiger partial charge in [0, 0.05) is 11.6 Å². The minimum absolute atomic E-state index is 0.177. The number of hydrogen-bond donors (Lipinski definition) is 2. The SMILES string of the molecule is Cc1cscc1C(=O)Nc1ncccc1N. The third-order valence-corrected chi connectivity index (χ3v) is 3.03. The second kappa shape index (κ2) is 4.32. The van der Waals surface area contributed by atoms with Crippen LogP contribution in [0.4, 0.5) is 11.5 Å². The van der Waals surface area contributed by atoms with Crippen molar-refractivity contribution < 1.29 is 4.79 Å². The van der Waals surface area contributed by atoms with Crippen LogP contribution in [0.5, 0.6) is 0 Å². The summed E-state index contributed by atoms with van der Waals surface area (Å²) < 4.78 is 0. The Balaban J connectivity index is 2.21. The van der Waals surface area contributed by atoms with E-state index >= 15 is 0 Å². The molecule has 0 spiro atoms. The van der Waals surface area contributed by atoms with Gasteiger partial charge in [0.25, 0.3) is 5.91 Å². The van der Waals surface area contributed by atoms with Gasteiger partial charge in [-0.3, -0.25) is 4.79 Å². The highest BCUT2D eigenvalue weighted by molar-refractivity contribution is 7.08. The number of amides is 1. The highest BCUT2D eigenvalue weighted by Gasteiger charge is 2.11. The van der Waals surface area contributed by atoms with Crippen LogP contribution in [0.15, 0.2) is 29.1 Å². The number of nitrogens with one attached hydrogen (secondary N) is 1. The predicted octanol–water partition coefficient (Wildman–Crippen LogP) is 2.29. The average Bonchev–Trinajstić information content (AvgIpc) is 2.68. The zero-order valence-corrected chi connectivity index (χ0v) is 9.54. The van der Waals surface area contributed by atoms with Crippen molar-refractivity contribution in [1.29, 1.82) is 0 Å². The van der Waals surface area contributed by atoms with Crippen LogP contribution in [0.2, 0.25) is 0 Å².